The molecule has 3 aromatic heterocycles. The Labute approximate surface area is 299 Å². The van der Waals surface area contributed by atoms with E-state index in [0.29, 0.717) is 47.8 Å². The van der Waals surface area contributed by atoms with E-state index >= 15 is 0 Å². The Morgan fingerprint density at radius 1 is 0.429 bits per heavy atom. The van der Waals surface area contributed by atoms with Gasteiger partial charge in [-0.25, -0.2) is 0 Å². The summed E-state index contributed by atoms with van der Waals surface area (Å²) in [5.41, 5.74) is 0.958. The van der Waals surface area contributed by atoms with Crippen LogP contribution in [0.5, 0.6) is 17.2 Å². The molecule has 0 radical (unpaired) electrons. The van der Waals surface area contributed by atoms with E-state index in [4.69, 9.17) is 69.6 Å². The number of aromatic nitrogens is 3. The molecule has 0 spiro atoms. The summed E-state index contributed by atoms with van der Waals surface area (Å²) in [5, 5.41) is 37.9. The molecule has 0 saturated carbocycles. The van der Waals surface area contributed by atoms with Gasteiger partial charge in [0, 0.05) is 49.8 Å². The van der Waals surface area contributed by atoms with Crippen molar-refractivity contribution in [3.05, 3.63) is 103 Å². The van der Waals surface area contributed by atoms with Crippen LogP contribution in [-0.2, 0) is 0 Å². The second-order valence-electron chi connectivity index (χ2n) is 7.71. The van der Waals surface area contributed by atoms with Crippen molar-refractivity contribution >= 4 is 102 Å². The zero-order chi connectivity index (χ0) is 28.3. The number of rotatable bonds is 0. The average molecular weight is 840 g/mol. The van der Waals surface area contributed by atoms with Crippen LogP contribution in [0.15, 0.2) is 73.2 Å². The van der Waals surface area contributed by atoms with Crippen LogP contribution in [0.25, 0.3) is 32.7 Å². The van der Waals surface area contributed by atoms with Crippen molar-refractivity contribution in [1.29, 1.82) is 0 Å². The van der Waals surface area contributed by atoms with E-state index in [2.05, 4.69) is 15.0 Å². The van der Waals surface area contributed by atoms with Gasteiger partial charge in [0.05, 0.1) is 31.6 Å². The van der Waals surface area contributed by atoms with Gasteiger partial charge in [0.1, 0.15) is 0 Å². The number of halogens is 6. The molecule has 0 aliphatic rings. The summed E-state index contributed by atoms with van der Waals surface area (Å²) in [6, 6.07) is 14.7. The number of pyridine rings is 3. The molecule has 3 aromatic carbocycles. The Morgan fingerprint density at radius 3 is 0.905 bits per heavy atom. The van der Waals surface area contributed by atoms with Gasteiger partial charge in [0.15, 0.2) is 0 Å². The van der Waals surface area contributed by atoms with Crippen LogP contribution in [0.2, 0.25) is 30.1 Å². The van der Waals surface area contributed by atoms with Gasteiger partial charge in [-0.3, -0.25) is 15.0 Å². The number of fused-ring (bicyclic) bond motifs is 3. The molecule has 4 N–H and O–H groups in total. The Kier molecular flexibility index (Phi) is 15.4. The first-order valence-electron chi connectivity index (χ1n) is 10.8. The Bertz CT molecular complexity index is 1640. The fraction of sp³-hybridized carbons (Fsp3) is 0. The minimum Gasteiger partial charge on any atom is -0.870 e. The summed E-state index contributed by atoms with van der Waals surface area (Å²) in [6.07, 6.45) is 4.61. The quantitative estimate of drug-likeness (QED) is 0.165. The number of benzene rings is 3. The molecule has 6 rings (SSSR count). The minimum atomic E-state index is -0.276. The molecule has 0 fully saturated rings. The predicted octanol–water partition coefficient (Wildman–Crippen LogP) is 6.20. The van der Waals surface area contributed by atoms with Gasteiger partial charge in [-0.05, 0) is 54.6 Å². The van der Waals surface area contributed by atoms with E-state index in [1.807, 2.05) is 0 Å². The van der Waals surface area contributed by atoms with Gasteiger partial charge in [0.2, 0.25) is 0 Å². The van der Waals surface area contributed by atoms with Crippen LogP contribution in [0.3, 0.4) is 0 Å². The maximum atomic E-state index is 11.4. The van der Waals surface area contributed by atoms with Crippen LogP contribution in [0.4, 0.5) is 0 Å². The van der Waals surface area contributed by atoms with Crippen molar-refractivity contribution in [2.75, 3.05) is 0 Å². The summed E-state index contributed by atoms with van der Waals surface area (Å²) in [6.45, 7) is 0. The maximum Gasteiger partial charge on any atom is 3.00 e. The molecule has 0 atom stereocenters. The summed E-state index contributed by atoms with van der Waals surface area (Å²) in [4.78, 5) is 11.8. The van der Waals surface area contributed by atoms with Crippen LogP contribution in [0.1, 0.15) is 0 Å². The van der Waals surface area contributed by atoms with E-state index in [1.165, 1.54) is 36.8 Å². The third-order valence-electron chi connectivity index (χ3n) is 5.25. The average Bonchev–Trinajstić information content (AvgIpc) is 2.94. The fourth-order valence-corrected chi connectivity index (χ4v) is 4.99. The van der Waals surface area contributed by atoms with Gasteiger partial charge in [-0.2, -0.15) is 0 Å². The number of hydrogen-bond donors (Lipinski definition) is 0. The van der Waals surface area contributed by atoms with Gasteiger partial charge in [0.25, 0.3) is 0 Å². The summed E-state index contributed by atoms with van der Waals surface area (Å²) < 4.78 is 0. The van der Waals surface area contributed by atoms with Crippen LogP contribution in [-0.4, -0.2) is 25.9 Å². The first-order valence-corrected chi connectivity index (χ1v) is 13.1. The van der Waals surface area contributed by atoms with Crippen molar-refractivity contribution in [3.63, 3.8) is 0 Å². The molecule has 0 amide bonds. The second kappa shape index (κ2) is 16.9. The largest absolute Gasteiger partial charge is 3.00 e. The minimum absolute atomic E-state index is 0. The van der Waals surface area contributed by atoms with Gasteiger partial charge in [-0.1, -0.05) is 86.9 Å². The Balaban J connectivity index is 0.000000304. The molecular formula is C27H16Cl6HoN3O5. The molecule has 222 valence electrons. The van der Waals surface area contributed by atoms with Crippen molar-refractivity contribution in [1.82, 2.24) is 15.0 Å². The molecule has 3 heterocycles. The molecule has 0 unspecified atom stereocenters. The van der Waals surface area contributed by atoms with Crippen molar-refractivity contribution in [2.24, 2.45) is 0 Å². The smallest absolute Gasteiger partial charge is 0.870 e. The van der Waals surface area contributed by atoms with E-state index in [9.17, 15) is 15.3 Å². The van der Waals surface area contributed by atoms with E-state index < -0.39 is 0 Å². The zero-order valence-corrected chi connectivity index (χ0v) is 27.0. The van der Waals surface area contributed by atoms with Crippen molar-refractivity contribution in [3.8, 4) is 17.2 Å². The summed E-state index contributed by atoms with van der Waals surface area (Å²) in [7, 11) is 0. The second-order valence-corrected chi connectivity index (χ2v) is 10.1. The molecule has 0 saturated heterocycles. The van der Waals surface area contributed by atoms with Crippen LogP contribution >= 0.6 is 69.6 Å². The molecule has 8 nitrogen and oxygen atoms in total. The summed E-state index contributed by atoms with van der Waals surface area (Å²) in [5.74, 6) is -0.829. The molecule has 0 aliphatic carbocycles. The van der Waals surface area contributed by atoms with Gasteiger partial charge in [-0.15, -0.1) is 0 Å². The monoisotopic (exact) mass is 837 g/mol. The zero-order valence-electron chi connectivity index (χ0n) is 20.6. The maximum absolute atomic E-state index is 11.4. The first-order chi connectivity index (χ1) is 18.6. The van der Waals surface area contributed by atoms with Crippen molar-refractivity contribution < 1.29 is 64.0 Å². The molecular weight excluding hydrogens is 824 g/mol. The van der Waals surface area contributed by atoms with Crippen LogP contribution < -0.4 is 15.3 Å². The van der Waals surface area contributed by atoms with E-state index in [-0.39, 0.29) is 81.0 Å². The van der Waals surface area contributed by atoms with Gasteiger partial charge >= 0.3 is 37.7 Å². The third kappa shape index (κ3) is 8.43. The standard InChI is InChI=1S/3C9H5Cl2NO.Ho.2H2O/c3*10-6-4-7(11)9(13)8-5(6)2-1-3-12-8;;;/h3*1-4,13H;;2*1H2/q;;;+3;;/p-3. The Hall–Kier alpha value is -1.79. The molecule has 42 heavy (non-hydrogen) atoms. The molecule has 0 bridgehead atoms. The predicted molar refractivity (Wildman–Crippen MR) is 161 cm³/mol. The molecule has 15 heteroatoms. The number of nitrogens with zero attached hydrogens (tertiary/aromatic N) is 3. The topological polar surface area (TPSA) is 171 Å². The van der Waals surface area contributed by atoms with Gasteiger partial charge < -0.3 is 26.3 Å². The summed E-state index contributed by atoms with van der Waals surface area (Å²) >= 11 is 34.6. The van der Waals surface area contributed by atoms with E-state index in [1.54, 1.807) is 36.4 Å². The van der Waals surface area contributed by atoms with Crippen LogP contribution in [0, 0.1) is 37.7 Å². The Morgan fingerprint density at radius 2 is 0.667 bits per heavy atom. The van der Waals surface area contributed by atoms with E-state index in [0.717, 1.165) is 0 Å². The fourth-order valence-electron chi connectivity index (χ4n) is 3.44. The SMILES string of the molecule is O.O.[Ho+3].[O-]c1c(Cl)cc(Cl)c2cccnc12.[O-]c1c(Cl)cc(Cl)c2cccnc12.[O-]c1c(Cl)cc(Cl)c2cccnc12. The van der Waals surface area contributed by atoms with Crippen molar-refractivity contribution in [2.45, 2.75) is 0 Å². The normalized spacial score (nSPS) is 9.86. The third-order valence-corrected chi connectivity index (χ3v) is 7.03. The first kappa shape index (κ1) is 38.2. The number of hydrogen-bond acceptors (Lipinski definition) is 6. The molecule has 0 aliphatic heterocycles. The molecule has 6 aromatic rings.